The van der Waals surface area contributed by atoms with Crippen LogP contribution in [0.4, 0.5) is 17.1 Å². The van der Waals surface area contributed by atoms with E-state index in [2.05, 4.69) is 181 Å². The lowest BCUT2D eigenvalue weighted by Crippen LogP contribution is -2.11. The SMILES string of the molecule is c1ccc(-c2cccc(-c3ccccc3N(c3ccc4ccc5cc6oc7ccccc7c6cc5c4c3)c3cccc4ccccc34)c2)cc1. The van der Waals surface area contributed by atoms with Crippen molar-refractivity contribution in [3.05, 3.63) is 188 Å². The summed E-state index contributed by atoms with van der Waals surface area (Å²) in [6.45, 7) is 0. The molecule has 0 unspecified atom stereocenters. The van der Waals surface area contributed by atoms with Crippen LogP contribution in [0.15, 0.2) is 192 Å². The number of anilines is 3. The van der Waals surface area contributed by atoms with Gasteiger partial charge in [-0.1, -0.05) is 140 Å². The molecule has 0 amide bonds. The topological polar surface area (TPSA) is 16.4 Å². The van der Waals surface area contributed by atoms with Crippen LogP contribution in [0.25, 0.3) is 76.5 Å². The zero-order valence-corrected chi connectivity index (χ0v) is 27.3. The molecule has 1 heterocycles. The van der Waals surface area contributed by atoms with Crippen LogP contribution in [0, 0.1) is 0 Å². The Bertz CT molecular complexity index is 2880. The molecule has 0 aliphatic heterocycles. The zero-order chi connectivity index (χ0) is 33.0. The van der Waals surface area contributed by atoms with E-state index in [9.17, 15) is 0 Å². The Balaban J connectivity index is 1.23. The number of para-hydroxylation sites is 2. The predicted octanol–water partition coefficient (Wildman–Crippen LogP) is 13.8. The molecule has 0 aliphatic rings. The highest BCUT2D eigenvalue weighted by molar-refractivity contribution is 6.17. The predicted molar refractivity (Wildman–Crippen MR) is 212 cm³/mol. The lowest BCUT2D eigenvalue weighted by atomic mass is 9.96. The lowest BCUT2D eigenvalue weighted by Gasteiger charge is -2.29. The quantitative estimate of drug-likeness (QED) is 0.175. The molecule has 0 saturated carbocycles. The molecule has 2 nitrogen and oxygen atoms in total. The third-order valence-corrected chi connectivity index (χ3v) is 10.0. The fraction of sp³-hybridized carbons (Fsp3) is 0. The average molecular weight is 638 g/mol. The largest absolute Gasteiger partial charge is 0.456 e. The van der Waals surface area contributed by atoms with Crippen LogP contribution >= 0.6 is 0 Å². The fourth-order valence-corrected chi connectivity index (χ4v) is 7.62. The van der Waals surface area contributed by atoms with E-state index in [0.717, 1.165) is 44.4 Å². The molecule has 9 aromatic carbocycles. The molecule has 0 fully saturated rings. The monoisotopic (exact) mass is 637 g/mol. The van der Waals surface area contributed by atoms with E-state index in [1.54, 1.807) is 0 Å². The molecule has 50 heavy (non-hydrogen) atoms. The molecule has 10 rings (SSSR count). The molecule has 10 aromatic rings. The van der Waals surface area contributed by atoms with Crippen LogP contribution < -0.4 is 4.90 Å². The Morgan fingerprint density at radius 3 is 1.90 bits per heavy atom. The summed E-state index contributed by atoms with van der Waals surface area (Å²) in [7, 11) is 0. The summed E-state index contributed by atoms with van der Waals surface area (Å²) in [5, 5.41) is 9.48. The number of fused-ring (bicyclic) bond motifs is 7. The van der Waals surface area contributed by atoms with Crippen molar-refractivity contribution >= 4 is 71.3 Å². The minimum atomic E-state index is 0.915. The van der Waals surface area contributed by atoms with Crippen molar-refractivity contribution in [1.29, 1.82) is 0 Å². The Hall–Kier alpha value is -6.64. The summed E-state index contributed by atoms with van der Waals surface area (Å²) in [5.41, 5.74) is 9.94. The van der Waals surface area contributed by atoms with E-state index in [0.29, 0.717) is 0 Å². The smallest absolute Gasteiger partial charge is 0.136 e. The van der Waals surface area contributed by atoms with Gasteiger partial charge >= 0.3 is 0 Å². The molecule has 0 spiro atoms. The van der Waals surface area contributed by atoms with Gasteiger partial charge in [-0.2, -0.15) is 0 Å². The van der Waals surface area contributed by atoms with Gasteiger partial charge in [0.1, 0.15) is 11.2 Å². The summed E-state index contributed by atoms with van der Waals surface area (Å²) in [4.78, 5) is 2.44. The van der Waals surface area contributed by atoms with Gasteiger partial charge in [-0.25, -0.2) is 0 Å². The van der Waals surface area contributed by atoms with Gasteiger partial charge in [0.2, 0.25) is 0 Å². The molecule has 0 bridgehead atoms. The highest BCUT2D eigenvalue weighted by Gasteiger charge is 2.20. The Morgan fingerprint density at radius 2 is 0.960 bits per heavy atom. The Morgan fingerprint density at radius 1 is 0.320 bits per heavy atom. The second kappa shape index (κ2) is 11.5. The summed E-state index contributed by atoms with van der Waals surface area (Å²) in [6.07, 6.45) is 0. The number of hydrogen-bond donors (Lipinski definition) is 0. The van der Waals surface area contributed by atoms with Crippen LogP contribution in [0.1, 0.15) is 0 Å². The molecular weight excluding hydrogens is 607 g/mol. The Kier molecular flexibility index (Phi) is 6.53. The van der Waals surface area contributed by atoms with Gasteiger partial charge < -0.3 is 9.32 Å². The van der Waals surface area contributed by atoms with E-state index < -0.39 is 0 Å². The molecule has 2 heteroatoms. The van der Waals surface area contributed by atoms with Gasteiger partial charge in [0.25, 0.3) is 0 Å². The molecule has 0 aliphatic carbocycles. The first-order valence-corrected chi connectivity index (χ1v) is 17.1. The second-order valence-electron chi connectivity index (χ2n) is 12.9. The van der Waals surface area contributed by atoms with Crippen molar-refractivity contribution in [1.82, 2.24) is 0 Å². The summed E-state index contributed by atoms with van der Waals surface area (Å²) < 4.78 is 6.27. The summed E-state index contributed by atoms with van der Waals surface area (Å²) in [6, 6.07) is 67.7. The van der Waals surface area contributed by atoms with Crippen LogP contribution in [0.2, 0.25) is 0 Å². The van der Waals surface area contributed by atoms with Gasteiger partial charge in [0.05, 0.1) is 11.4 Å². The van der Waals surface area contributed by atoms with Gasteiger partial charge in [-0.05, 0) is 92.2 Å². The third-order valence-electron chi connectivity index (χ3n) is 10.0. The van der Waals surface area contributed by atoms with Crippen LogP contribution in [0.3, 0.4) is 0 Å². The first-order chi connectivity index (χ1) is 24.8. The molecule has 0 radical (unpaired) electrons. The third kappa shape index (κ3) is 4.65. The maximum atomic E-state index is 6.27. The van der Waals surface area contributed by atoms with Crippen molar-refractivity contribution in [2.75, 3.05) is 4.90 Å². The Labute approximate surface area is 290 Å². The van der Waals surface area contributed by atoms with Crippen molar-refractivity contribution < 1.29 is 4.42 Å². The minimum Gasteiger partial charge on any atom is -0.456 e. The maximum Gasteiger partial charge on any atom is 0.136 e. The van der Waals surface area contributed by atoms with E-state index in [1.165, 1.54) is 49.2 Å². The van der Waals surface area contributed by atoms with Gasteiger partial charge in [-0.3, -0.25) is 0 Å². The first-order valence-electron chi connectivity index (χ1n) is 17.1. The van der Waals surface area contributed by atoms with Crippen LogP contribution in [-0.2, 0) is 0 Å². The summed E-state index contributed by atoms with van der Waals surface area (Å²) >= 11 is 0. The van der Waals surface area contributed by atoms with E-state index in [4.69, 9.17) is 4.42 Å². The van der Waals surface area contributed by atoms with Crippen LogP contribution in [0.5, 0.6) is 0 Å². The molecule has 0 N–H and O–H groups in total. The molecule has 234 valence electrons. The van der Waals surface area contributed by atoms with Crippen molar-refractivity contribution in [3.63, 3.8) is 0 Å². The number of furan rings is 1. The molecule has 1 aromatic heterocycles. The lowest BCUT2D eigenvalue weighted by molar-refractivity contribution is 0.669. The molecule has 0 atom stereocenters. The maximum absolute atomic E-state index is 6.27. The van der Waals surface area contributed by atoms with Crippen molar-refractivity contribution in [3.8, 4) is 22.3 Å². The fourth-order valence-electron chi connectivity index (χ4n) is 7.62. The van der Waals surface area contributed by atoms with Gasteiger partial charge in [-0.15, -0.1) is 0 Å². The van der Waals surface area contributed by atoms with Gasteiger partial charge in [0.15, 0.2) is 0 Å². The second-order valence-corrected chi connectivity index (χ2v) is 12.9. The number of nitrogens with zero attached hydrogens (tertiary/aromatic N) is 1. The van der Waals surface area contributed by atoms with Crippen LogP contribution in [-0.4, -0.2) is 0 Å². The van der Waals surface area contributed by atoms with Crippen molar-refractivity contribution in [2.45, 2.75) is 0 Å². The zero-order valence-electron chi connectivity index (χ0n) is 27.3. The number of hydrogen-bond acceptors (Lipinski definition) is 2. The first kappa shape index (κ1) is 28.4. The standard InChI is InChI=1S/C48H31NO/c1-2-12-32(13-3-1)35-16-10-17-36(28-35)40-19-6-8-21-45(40)49(46-22-11-15-33-14-4-5-18-39(33)46)38-27-26-34-24-25-37-29-48-44(31-43(37)42(34)30-38)41-20-7-9-23-47(41)50-48/h1-31H. The molecule has 0 saturated heterocycles. The molecular formula is C48H31NO. The average Bonchev–Trinajstić information content (AvgIpc) is 3.55. The van der Waals surface area contributed by atoms with Gasteiger partial charge in [0, 0.05) is 27.4 Å². The highest BCUT2D eigenvalue weighted by Crippen LogP contribution is 2.45. The van der Waals surface area contributed by atoms with E-state index >= 15 is 0 Å². The summed E-state index contributed by atoms with van der Waals surface area (Å²) in [5.74, 6) is 0. The van der Waals surface area contributed by atoms with Crippen molar-refractivity contribution in [2.24, 2.45) is 0 Å². The highest BCUT2D eigenvalue weighted by atomic mass is 16.3. The number of rotatable bonds is 5. The normalized spacial score (nSPS) is 11.6. The minimum absolute atomic E-state index is 0.915. The number of benzene rings is 9. The van der Waals surface area contributed by atoms with E-state index in [1.807, 2.05) is 12.1 Å². The van der Waals surface area contributed by atoms with E-state index in [-0.39, 0.29) is 0 Å².